The van der Waals surface area contributed by atoms with Crippen LogP contribution in [-0.4, -0.2) is 21.5 Å². The van der Waals surface area contributed by atoms with Gasteiger partial charge in [0.25, 0.3) is 0 Å². The van der Waals surface area contributed by atoms with Crippen molar-refractivity contribution in [1.29, 1.82) is 0 Å². The van der Waals surface area contributed by atoms with Gasteiger partial charge in [-0.05, 0) is 31.0 Å². The standard InChI is InChI=1S/C16H21ClN2O2/c1-4-13-16(17)14(19(3)18-13)10-15(20)11-7-6-8-12(9-11)21-5-2/h6-9,15,20H,4-5,10H2,1-3H3. The van der Waals surface area contributed by atoms with E-state index in [9.17, 15) is 5.11 Å². The van der Waals surface area contributed by atoms with Gasteiger partial charge < -0.3 is 9.84 Å². The Labute approximate surface area is 130 Å². The molecule has 0 aliphatic rings. The maximum atomic E-state index is 10.4. The SMILES string of the molecule is CCOc1cccc(C(O)Cc2c(Cl)c(CC)nn2C)c1. The van der Waals surface area contributed by atoms with Crippen molar-refractivity contribution in [1.82, 2.24) is 9.78 Å². The molecule has 2 aromatic rings. The second-order valence-electron chi connectivity index (χ2n) is 4.91. The lowest BCUT2D eigenvalue weighted by Gasteiger charge is -2.13. The van der Waals surface area contributed by atoms with Crippen molar-refractivity contribution in [2.75, 3.05) is 6.61 Å². The van der Waals surface area contributed by atoms with Crippen molar-refractivity contribution < 1.29 is 9.84 Å². The van der Waals surface area contributed by atoms with Crippen LogP contribution in [0.25, 0.3) is 0 Å². The van der Waals surface area contributed by atoms with E-state index in [2.05, 4.69) is 5.10 Å². The predicted molar refractivity (Wildman–Crippen MR) is 83.9 cm³/mol. The van der Waals surface area contributed by atoms with Crippen molar-refractivity contribution in [2.45, 2.75) is 32.8 Å². The van der Waals surface area contributed by atoms with Crippen LogP contribution in [0.1, 0.15) is 36.9 Å². The molecule has 0 saturated heterocycles. The quantitative estimate of drug-likeness (QED) is 0.890. The predicted octanol–water partition coefficient (Wildman–Crippen LogP) is 3.31. The van der Waals surface area contributed by atoms with Crippen LogP contribution in [-0.2, 0) is 19.9 Å². The average molecular weight is 309 g/mol. The highest BCUT2D eigenvalue weighted by atomic mass is 35.5. The molecule has 5 heteroatoms. The molecule has 0 spiro atoms. The Morgan fingerprint density at radius 2 is 2.14 bits per heavy atom. The minimum absolute atomic E-state index is 0.428. The summed E-state index contributed by atoms with van der Waals surface area (Å²) < 4.78 is 7.21. The third-order valence-corrected chi connectivity index (χ3v) is 3.88. The number of ether oxygens (including phenoxy) is 1. The fourth-order valence-corrected chi connectivity index (χ4v) is 2.69. The lowest BCUT2D eigenvalue weighted by molar-refractivity contribution is 0.175. The minimum Gasteiger partial charge on any atom is -0.494 e. The van der Waals surface area contributed by atoms with Crippen molar-refractivity contribution in [3.63, 3.8) is 0 Å². The Hall–Kier alpha value is -1.52. The molecular weight excluding hydrogens is 288 g/mol. The van der Waals surface area contributed by atoms with Gasteiger partial charge in [-0.15, -0.1) is 0 Å². The zero-order chi connectivity index (χ0) is 15.4. The smallest absolute Gasteiger partial charge is 0.119 e. The zero-order valence-corrected chi connectivity index (χ0v) is 13.4. The molecule has 21 heavy (non-hydrogen) atoms. The highest BCUT2D eigenvalue weighted by molar-refractivity contribution is 6.31. The van der Waals surface area contributed by atoms with Gasteiger partial charge in [-0.3, -0.25) is 4.68 Å². The van der Waals surface area contributed by atoms with Crippen molar-refractivity contribution in [3.8, 4) is 5.75 Å². The Bertz CT molecular complexity index is 610. The summed E-state index contributed by atoms with van der Waals surface area (Å²) in [5.74, 6) is 0.763. The molecule has 0 saturated carbocycles. The van der Waals surface area contributed by atoms with Crippen molar-refractivity contribution in [2.24, 2.45) is 7.05 Å². The summed E-state index contributed by atoms with van der Waals surface area (Å²) >= 11 is 6.32. The first-order valence-corrected chi connectivity index (χ1v) is 7.55. The van der Waals surface area contributed by atoms with Gasteiger partial charge in [-0.2, -0.15) is 5.10 Å². The van der Waals surface area contributed by atoms with Crippen LogP contribution in [0.4, 0.5) is 0 Å². The summed E-state index contributed by atoms with van der Waals surface area (Å²) in [6, 6.07) is 7.51. The van der Waals surface area contributed by atoms with E-state index in [0.717, 1.165) is 29.1 Å². The van der Waals surface area contributed by atoms with Crippen LogP contribution in [0.3, 0.4) is 0 Å². The lowest BCUT2D eigenvalue weighted by atomic mass is 10.0. The topological polar surface area (TPSA) is 47.3 Å². The Morgan fingerprint density at radius 3 is 2.76 bits per heavy atom. The molecule has 0 radical (unpaired) electrons. The molecule has 1 aromatic heterocycles. The second-order valence-corrected chi connectivity index (χ2v) is 5.29. The van der Waals surface area contributed by atoms with Crippen molar-refractivity contribution in [3.05, 3.63) is 46.2 Å². The van der Waals surface area contributed by atoms with E-state index < -0.39 is 6.10 Å². The molecule has 1 atom stereocenters. The first-order chi connectivity index (χ1) is 10.1. The average Bonchev–Trinajstić information content (AvgIpc) is 2.75. The third kappa shape index (κ3) is 3.57. The minimum atomic E-state index is -0.636. The second kappa shape index (κ2) is 6.96. The summed E-state index contributed by atoms with van der Waals surface area (Å²) in [5, 5.41) is 15.5. The molecule has 2 rings (SSSR count). The van der Waals surface area contributed by atoms with Gasteiger partial charge in [-0.1, -0.05) is 30.7 Å². The van der Waals surface area contributed by atoms with Crippen LogP contribution in [0.5, 0.6) is 5.75 Å². The summed E-state index contributed by atoms with van der Waals surface area (Å²) in [6.07, 6.45) is 0.573. The van der Waals surface area contributed by atoms with Gasteiger partial charge in [0.15, 0.2) is 0 Å². The number of hydrogen-bond acceptors (Lipinski definition) is 3. The van der Waals surface area contributed by atoms with Crippen LogP contribution in [0.15, 0.2) is 24.3 Å². The zero-order valence-electron chi connectivity index (χ0n) is 12.6. The molecule has 4 nitrogen and oxygen atoms in total. The van der Waals surface area contributed by atoms with Crippen LogP contribution < -0.4 is 4.74 Å². The van der Waals surface area contributed by atoms with Crippen molar-refractivity contribution >= 4 is 11.6 Å². The molecule has 0 aliphatic carbocycles. The molecule has 1 unspecified atom stereocenters. The van der Waals surface area contributed by atoms with Gasteiger partial charge in [0.05, 0.1) is 29.1 Å². The fourth-order valence-electron chi connectivity index (χ4n) is 2.32. The maximum absolute atomic E-state index is 10.4. The lowest BCUT2D eigenvalue weighted by Crippen LogP contribution is -2.07. The molecule has 1 N–H and O–H groups in total. The van der Waals surface area contributed by atoms with Crippen LogP contribution in [0, 0.1) is 0 Å². The van der Waals surface area contributed by atoms with Gasteiger partial charge in [0, 0.05) is 13.5 Å². The highest BCUT2D eigenvalue weighted by Crippen LogP contribution is 2.27. The molecule has 0 fully saturated rings. The van der Waals surface area contributed by atoms with E-state index in [1.807, 2.05) is 45.2 Å². The number of rotatable bonds is 6. The Balaban J connectivity index is 2.19. The van der Waals surface area contributed by atoms with E-state index in [1.54, 1.807) is 4.68 Å². The van der Waals surface area contributed by atoms with Crippen LogP contribution >= 0.6 is 11.6 Å². The number of benzene rings is 1. The number of aliphatic hydroxyl groups excluding tert-OH is 1. The van der Waals surface area contributed by atoms with Gasteiger partial charge in [0.2, 0.25) is 0 Å². The van der Waals surface area contributed by atoms with E-state index in [1.165, 1.54) is 0 Å². The molecule has 0 amide bonds. The van der Waals surface area contributed by atoms with E-state index in [0.29, 0.717) is 18.1 Å². The highest BCUT2D eigenvalue weighted by Gasteiger charge is 2.18. The molecule has 1 aromatic carbocycles. The largest absolute Gasteiger partial charge is 0.494 e. The summed E-state index contributed by atoms with van der Waals surface area (Å²) in [4.78, 5) is 0. The molecule has 0 aliphatic heterocycles. The maximum Gasteiger partial charge on any atom is 0.119 e. The van der Waals surface area contributed by atoms with E-state index in [-0.39, 0.29) is 0 Å². The monoisotopic (exact) mass is 308 g/mol. The number of aliphatic hydroxyl groups is 1. The molecular formula is C16H21ClN2O2. The third-order valence-electron chi connectivity index (χ3n) is 3.44. The summed E-state index contributed by atoms with van der Waals surface area (Å²) in [5.41, 5.74) is 2.53. The number of aromatic nitrogens is 2. The van der Waals surface area contributed by atoms with E-state index in [4.69, 9.17) is 16.3 Å². The molecule has 114 valence electrons. The molecule has 0 bridgehead atoms. The number of aryl methyl sites for hydroxylation is 2. The number of nitrogens with zero attached hydrogens (tertiary/aromatic N) is 2. The Kier molecular flexibility index (Phi) is 5.26. The first-order valence-electron chi connectivity index (χ1n) is 7.17. The molecule has 1 heterocycles. The van der Waals surface area contributed by atoms with Gasteiger partial charge in [-0.25, -0.2) is 0 Å². The fraction of sp³-hybridized carbons (Fsp3) is 0.438. The first kappa shape index (κ1) is 15.9. The summed E-state index contributed by atoms with van der Waals surface area (Å²) in [7, 11) is 1.85. The Morgan fingerprint density at radius 1 is 1.38 bits per heavy atom. The summed E-state index contributed by atoms with van der Waals surface area (Å²) in [6.45, 7) is 4.55. The van der Waals surface area contributed by atoms with Crippen LogP contribution in [0.2, 0.25) is 5.02 Å². The van der Waals surface area contributed by atoms with Gasteiger partial charge >= 0.3 is 0 Å². The van der Waals surface area contributed by atoms with Gasteiger partial charge in [0.1, 0.15) is 5.75 Å². The normalized spacial score (nSPS) is 12.4. The number of hydrogen-bond donors (Lipinski definition) is 1. The van der Waals surface area contributed by atoms with E-state index >= 15 is 0 Å². The number of halogens is 1.